The number of anilines is 1. The fraction of sp³-hybridized carbons (Fsp3) is 0.214. The maximum atomic E-state index is 13.5. The van der Waals surface area contributed by atoms with E-state index in [1.54, 1.807) is 32.0 Å². The highest BCUT2D eigenvalue weighted by Gasteiger charge is 2.48. The van der Waals surface area contributed by atoms with Gasteiger partial charge in [0.1, 0.15) is 23.0 Å². The van der Waals surface area contributed by atoms with Crippen LogP contribution in [-0.4, -0.2) is 53.2 Å². The minimum Gasteiger partial charge on any atom is -0.507 e. The zero-order chi connectivity index (χ0) is 28.3. The molecule has 10 nitrogen and oxygen atoms in total. The second-order valence-electron chi connectivity index (χ2n) is 8.36. The summed E-state index contributed by atoms with van der Waals surface area (Å²) >= 11 is 0.881. The van der Waals surface area contributed by atoms with Crippen LogP contribution in [-0.2, 0) is 14.3 Å². The molecule has 2 aromatic carbocycles. The highest BCUT2D eigenvalue weighted by atomic mass is 32.1. The third-order valence-electron chi connectivity index (χ3n) is 5.90. The predicted octanol–water partition coefficient (Wildman–Crippen LogP) is 4.53. The summed E-state index contributed by atoms with van der Waals surface area (Å²) in [5.74, 6) is -2.54. The Kier molecular flexibility index (Phi) is 8.01. The number of aryl methyl sites for hydroxylation is 1. The number of aliphatic hydroxyl groups excluding tert-OH is 1. The van der Waals surface area contributed by atoms with E-state index in [9.17, 15) is 24.6 Å². The average Bonchev–Trinajstić information content (AvgIpc) is 3.44. The monoisotopic (exact) mass is 550 g/mol. The van der Waals surface area contributed by atoms with E-state index in [0.717, 1.165) is 16.2 Å². The van der Waals surface area contributed by atoms with E-state index in [4.69, 9.17) is 14.2 Å². The molecule has 1 atom stereocenters. The molecule has 4 rings (SSSR count). The Bertz CT molecular complexity index is 1490. The molecule has 3 aromatic rings. The number of rotatable bonds is 9. The molecule has 11 heteroatoms. The number of phenols is 1. The third-order valence-corrected chi connectivity index (χ3v) is 7.03. The van der Waals surface area contributed by atoms with Crippen LogP contribution in [0.1, 0.15) is 39.5 Å². The summed E-state index contributed by atoms with van der Waals surface area (Å²) in [6.45, 7) is 7.09. The predicted molar refractivity (Wildman–Crippen MR) is 144 cm³/mol. The van der Waals surface area contributed by atoms with Crippen LogP contribution in [0.5, 0.6) is 17.2 Å². The number of aliphatic hydroxyl groups is 1. The number of hydrogen-bond acceptors (Lipinski definition) is 10. The van der Waals surface area contributed by atoms with E-state index in [1.807, 2.05) is 0 Å². The number of Topliss-reactive ketones (excluding diaryl/α,β-unsaturated/α-hetero) is 1. The van der Waals surface area contributed by atoms with Gasteiger partial charge in [0, 0.05) is 5.56 Å². The number of esters is 1. The van der Waals surface area contributed by atoms with Gasteiger partial charge in [-0.15, -0.1) is 0 Å². The summed E-state index contributed by atoms with van der Waals surface area (Å²) in [6.07, 6.45) is 1.42. The van der Waals surface area contributed by atoms with Crippen LogP contribution in [0.15, 0.2) is 60.7 Å². The lowest BCUT2D eigenvalue weighted by molar-refractivity contribution is -0.132. The summed E-state index contributed by atoms with van der Waals surface area (Å²) in [4.78, 5) is 45.1. The molecule has 0 aliphatic carbocycles. The summed E-state index contributed by atoms with van der Waals surface area (Å²) in [6, 6.07) is 9.64. The number of ether oxygens (including phenoxy) is 3. The number of benzene rings is 2. The van der Waals surface area contributed by atoms with Crippen molar-refractivity contribution in [3.05, 3.63) is 82.4 Å². The quantitative estimate of drug-likeness (QED) is 0.129. The Morgan fingerprint density at radius 3 is 2.69 bits per heavy atom. The molecular weight excluding hydrogens is 524 g/mol. The lowest BCUT2D eigenvalue weighted by atomic mass is 9.95. The number of phenolic OH excluding ortho intramolecular Hbond substituents is 1. The second-order valence-corrected chi connectivity index (χ2v) is 9.34. The van der Waals surface area contributed by atoms with Crippen molar-refractivity contribution in [3.63, 3.8) is 0 Å². The SMILES string of the molecule is C=CCOC(=O)c1sc(N2C(=O)C(=O)/C(=C(/O)c3cccc(OC)c3)C2c2ccc(O)c(OCC)c2)nc1C. The third kappa shape index (κ3) is 5.21. The lowest BCUT2D eigenvalue weighted by Gasteiger charge is -2.23. The van der Waals surface area contributed by atoms with E-state index in [1.165, 1.54) is 37.5 Å². The van der Waals surface area contributed by atoms with Crippen LogP contribution < -0.4 is 14.4 Å². The zero-order valence-electron chi connectivity index (χ0n) is 21.5. The van der Waals surface area contributed by atoms with Gasteiger partial charge in [-0.3, -0.25) is 14.5 Å². The first-order chi connectivity index (χ1) is 18.7. The molecule has 0 radical (unpaired) electrons. The molecule has 1 aliphatic rings. The first kappa shape index (κ1) is 27.4. The van der Waals surface area contributed by atoms with Crippen molar-refractivity contribution in [1.29, 1.82) is 0 Å². The lowest BCUT2D eigenvalue weighted by Crippen LogP contribution is -2.29. The van der Waals surface area contributed by atoms with Crippen LogP contribution >= 0.6 is 11.3 Å². The maximum Gasteiger partial charge on any atom is 0.350 e. The van der Waals surface area contributed by atoms with Gasteiger partial charge in [-0.1, -0.05) is 42.2 Å². The largest absolute Gasteiger partial charge is 0.507 e. The number of thiazole rings is 1. The molecule has 39 heavy (non-hydrogen) atoms. The van der Waals surface area contributed by atoms with Crippen molar-refractivity contribution in [2.75, 3.05) is 25.2 Å². The number of aromatic nitrogens is 1. The van der Waals surface area contributed by atoms with Gasteiger partial charge in [0.15, 0.2) is 16.6 Å². The number of aromatic hydroxyl groups is 1. The van der Waals surface area contributed by atoms with Crippen LogP contribution in [0.2, 0.25) is 0 Å². The van der Waals surface area contributed by atoms with Crippen molar-refractivity contribution in [1.82, 2.24) is 4.98 Å². The minimum absolute atomic E-state index is 0.00965. The van der Waals surface area contributed by atoms with Gasteiger partial charge in [0.2, 0.25) is 0 Å². The van der Waals surface area contributed by atoms with Crippen LogP contribution in [0.3, 0.4) is 0 Å². The molecule has 0 saturated carbocycles. The van der Waals surface area contributed by atoms with Crippen molar-refractivity contribution in [2.24, 2.45) is 0 Å². The number of hydrogen-bond donors (Lipinski definition) is 2. The molecule has 1 aliphatic heterocycles. The van der Waals surface area contributed by atoms with E-state index < -0.39 is 29.5 Å². The number of nitrogens with zero attached hydrogens (tertiary/aromatic N) is 2. The zero-order valence-corrected chi connectivity index (χ0v) is 22.3. The van der Waals surface area contributed by atoms with Gasteiger partial charge < -0.3 is 24.4 Å². The Labute approximate surface area is 228 Å². The number of ketones is 1. The van der Waals surface area contributed by atoms with Gasteiger partial charge in [-0.2, -0.15) is 0 Å². The molecule has 202 valence electrons. The highest BCUT2D eigenvalue weighted by molar-refractivity contribution is 7.17. The average molecular weight is 551 g/mol. The first-order valence-electron chi connectivity index (χ1n) is 11.9. The summed E-state index contributed by atoms with van der Waals surface area (Å²) in [5.41, 5.74) is 0.719. The van der Waals surface area contributed by atoms with Crippen LogP contribution in [0, 0.1) is 6.92 Å². The van der Waals surface area contributed by atoms with Gasteiger partial charge in [-0.05, 0) is 43.7 Å². The standard InChI is InChI=1S/C28H26N2O8S/c1-5-12-38-27(35)25-15(3)29-28(39-25)30-22(16-10-11-19(31)20(14-16)37-6-2)21(24(33)26(30)34)23(32)17-8-7-9-18(13-17)36-4/h5,7-11,13-14,22,31-32H,1,6,12H2,2-4H3/b23-21+. The summed E-state index contributed by atoms with van der Waals surface area (Å²) < 4.78 is 15.9. The van der Waals surface area contributed by atoms with Crippen molar-refractivity contribution < 1.29 is 38.8 Å². The molecule has 1 unspecified atom stereocenters. The van der Waals surface area contributed by atoms with Crippen molar-refractivity contribution in [2.45, 2.75) is 19.9 Å². The topological polar surface area (TPSA) is 135 Å². The Balaban J connectivity index is 1.92. The Hall–Kier alpha value is -4.64. The molecule has 1 saturated heterocycles. The molecular formula is C28H26N2O8S. The van der Waals surface area contributed by atoms with E-state index >= 15 is 0 Å². The maximum absolute atomic E-state index is 13.5. The number of methoxy groups -OCH3 is 1. The van der Waals surface area contributed by atoms with Gasteiger partial charge in [0.25, 0.3) is 5.78 Å². The molecule has 0 bridgehead atoms. The van der Waals surface area contributed by atoms with E-state index in [-0.39, 0.29) is 45.9 Å². The van der Waals surface area contributed by atoms with Gasteiger partial charge in [0.05, 0.1) is 31.0 Å². The summed E-state index contributed by atoms with van der Waals surface area (Å²) in [7, 11) is 1.46. The fourth-order valence-electron chi connectivity index (χ4n) is 4.12. The van der Waals surface area contributed by atoms with Crippen LogP contribution in [0.25, 0.3) is 5.76 Å². The highest BCUT2D eigenvalue weighted by Crippen LogP contribution is 2.45. The number of carbonyl (C=O) groups excluding carboxylic acids is 3. The molecule has 2 heterocycles. The van der Waals surface area contributed by atoms with Crippen molar-refractivity contribution >= 4 is 39.9 Å². The normalized spacial score (nSPS) is 16.3. The first-order valence-corrected chi connectivity index (χ1v) is 12.7. The van der Waals surface area contributed by atoms with Crippen LogP contribution in [0.4, 0.5) is 5.13 Å². The summed E-state index contributed by atoms with van der Waals surface area (Å²) in [5, 5.41) is 21.7. The van der Waals surface area contributed by atoms with Gasteiger partial charge in [-0.25, -0.2) is 9.78 Å². The van der Waals surface area contributed by atoms with Gasteiger partial charge >= 0.3 is 11.9 Å². The number of amides is 1. The molecule has 2 N–H and O–H groups in total. The minimum atomic E-state index is -1.15. The Morgan fingerprint density at radius 1 is 1.23 bits per heavy atom. The molecule has 1 amide bonds. The molecule has 1 aromatic heterocycles. The molecule has 0 spiro atoms. The number of carbonyl (C=O) groups is 3. The smallest absolute Gasteiger partial charge is 0.350 e. The molecule has 1 fully saturated rings. The van der Waals surface area contributed by atoms with Crippen molar-refractivity contribution in [3.8, 4) is 17.2 Å². The fourth-order valence-corrected chi connectivity index (χ4v) is 5.11. The Morgan fingerprint density at radius 2 is 2.00 bits per heavy atom. The van der Waals surface area contributed by atoms with E-state index in [0.29, 0.717) is 17.0 Å². The van der Waals surface area contributed by atoms with E-state index in [2.05, 4.69) is 11.6 Å². The second kappa shape index (κ2) is 11.4.